The van der Waals surface area contributed by atoms with Crippen molar-refractivity contribution in [2.75, 3.05) is 6.61 Å². The highest BCUT2D eigenvalue weighted by Crippen LogP contribution is 2.44. The Bertz CT molecular complexity index is 508. The van der Waals surface area contributed by atoms with E-state index in [4.69, 9.17) is 15.2 Å². The van der Waals surface area contributed by atoms with Crippen molar-refractivity contribution in [3.8, 4) is 0 Å². The van der Waals surface area contributed by atoms with Gasteiger partial charge in [0.2, 0.25) is 5.79 Å². The summed E-state index contributed by atoms with van der Waals surface area (Å²) in [6.45, 7) is 3.31. The van der Waals surface area contributed by atoms with Crippen molar-refractivity contribution < 1.29 is 24.2 Å². The van der Waals surface area contributed by atoms with Crippen molar-refractivity contribution >= 4 is 11.8 Å². The van der Waals surface area contributed by atoms with Gasteiger partial charge in [-0.2, -0.15) is 0 Å². The van der Waals surface area contributed by atoms with Gasteiger partial charge in [-0.25, -0.2) is 4.79 Å². The number of carbonyl (C=O) groups excluding carboxylic acids is 2. The standard InChI is InChI=1S/C14H17NO5/c1-7-4-14(20-13(7)18)5-10(15)9-3-2-8(6-16)11(17)12(9)19-14/h2,9-10,12,16H,1,3-6,15H2/t9-,10+,12-,14+/m1/s1. The highest BCUT2D eigenvalue weighted by Gasteiger charge is 2.55. The Hall–Kier alpha value is -1.50. The number of hydrogen-bond acceptors (Lipinski definition) is 6. The zero-order chi connectivity index (χ0) is 14.5. The summed E-state index contributed by atoms with van der Waals surface area (Å²) in [5, 5.41) is 9.18. The summed E-state index contributed by atoms with van der Waals surface area (Å²) in [6.07, 6.45) is 2.12. The summed E-state index contributed by atoms with van der Waals surface area (Å²) in [6, 6.07) is -0.298. The second kappa shape index (κ2) is 4.51. The quantitative estimate of drug-likeness (QED) is 0.510. The van der Waals surface area contributed by atoms with Crippen LogP contribution in [-0.2, 0) is 19.1 Å². The van der Waals surface area contributed by atoms with Crippen molar-refractivity contribution in [2.45, 2.75) is 37.2 Å². The number of esters is 1. The minimum atomic E-state index is -1.16. The molecule has 0 aromatic heterocycles. The van der Waals surface area contributed by atoms with Gasteiger partial charge in [0.15, 0.2) is 5.78 Å². The minimum Gasteiger partial charge on any atom is -0.429 e. The zero-order valence-electron chi connectivity index (χ0n) is 11.0. The number of allylic oxidation sites excluding steroid dienone is 1. The lowest BCUT2D eigenvalue weighted by Gasteiger charge is -2.45. The van der Waals surface area contributed by atoms with Crippen LogP contribution in [-0.4, -0.2) is 41.4 Å². The number of aliphatic hydroxyl groups excluding tert-OH is 1. The molecule has 3 N–H and O–H groups in total. The molecule has 2 heterocycles. The molecule has 1 spiro atoms. The third-order valence-electron chi connectivity index (χ3n) is 4.26. The van der Waals surface area contributed by atoms with E-state index in [9.17, 15) is 14.7 Å². The van der Waals surface area contributed by atoms with Crippen molar-refractivity contribution in [3.05, 3.63) is 23.8 Å². The van der Waals surface area contributed by atoms with Gasteiger partial charge in [0, 0.05) is 35.9 Å². The summed E-state index contributed by atoms with van der Waals surface area (Å²) >= 11 is 0. The van der Waals surface area contributed by atoms with Crippen LogP contribution in [0.4, 0.5) is 0 Å². The fourth-order valence-electron chi connectivity index (χ4n) is 3.21. The fraction of sp³-hybridized carbons (Fsp3) is 0.571. The summed E-state index contributed by atoms with van der Waals surface area (Å²) in [5.74, 6) is -2.08. The molecule has 0 bridgehead atoms. The van der Waals surface area contributed by atoms with Crippen molar-refractivity contribution in [1.29, 1.82) is 0 Å². The van der Waals surface area contributed by atoms with Gasteiger partial charge in [-0.3, -0.25) is 4.79 Å². The second-order valence-electron chi connectivity index (χ2n) is 5.64. The molecule has 20 heavy (non-hydrogen) atoms. The molecule has 0 saturated carbocycles. The van der Waals surface area contributed by atoms with Crippen LogP contribution in [0.1, 0.15) is 19.3 Å². The molecule has 2 fully saturated rings. The number of ketones is 1. The lowest BCUT2D eigenvalue weighted by molar-refractivity contribution is -0.261. The van der Waals surface area contributed by atoms with Crippen molar-refractivity contribution in [1.82, 2.24) is 0 Å². The molecule has 108 valence electrons. The summed E-state index contributed by atoms with van der Waals surface area (Å²) < 4.78 is 11.1. The van der Waals surface area contributed by atoms with E-state index in [-0.39, 0.29) is 30.8 Å². The van der Waals surface area contributed by atoms with Gasteiger partial charge in [0.05, 0.1) is 6.61 Å². The van der Waals surface area contributed by atoms with Crippen LogP contribution in [0.15, 0.2) is 23.8 Å². The van der Waals surface area contributed by atoms with E-state index < -0.39 is 17.9 Å². The largest absolute Gasteiger partial charge is 0.429 e. The maximum Gasteiger partial charge on any atom is 0.336 e. The van der Waals surface area contributed by atoms with Crippen LogP contribution in [0.2, 0.25) is 0 Å². The Labute approximate surface area is 116 Å². The van der Waals surface area contributed by atoms with Gasteiger partial charge < -0.3 is 20.3 Å². The highest BCUT2D eigenvalue weighted by molar-refractivity contribution is 6.00. The molecule has 3 rings (SSSR count). The number of aliphatic hydroxyl groups is 1. The summed E-state index contributed by atoms with van der Waals surface area (Å²) in [4.78, 5) is 23.8. The van der Waals surface area contributed by atoms with Crippen molar-refractivity contribution in [3.63, 3.8) is 0 Å². The first-order valence-electron chi connectivity index (χ1n) is 6.64. The normalized spacial score (nSPS) is 40.6. The van der Waals surface area contributed by atoms with E-state index >= 15 is 0 Å². The lowest BCUT2D eigenvalue weighted by atomic mass is 9.76. The Morgan fingerprint density at radius 2 is 2.25 bits per heavy atom. The van der Waals surface area contributed by atoms with Gasteiger partial charge >= 0.3 is 5.97 Å². The first-order valence-corrected chi connectivity index (χ1v) is 6.64. The number of hydrogen-bond donors (Lipinski definition) is 2. The predicted octanol–water partition coefficient (Wildman–Crippen LogP) is -0.190. The van der Waals surface area contributed by atoms with E-state index in [1.54, 1.807) is 6.08 Å². The second-order valence-corrected chi connectivity index (χ2v) is 5.64. The monoisotopic (exact) mass is 279 g/mol. The molecule has 2 saturated heterocycles. The molecule has 6 heteroatoms. The van der Waals surface area contributed by atoms with Gasteiger partial charge in [0.25, 0.3) is 0 Å². The molecule has 3 aliphatic rings. The molecular weight excluding hydrogens is 262 g/mol. The molecule has 0 aromatic carbocycles. The molecule has 0 aromatic rings. The number of carbonyl (C=O) groups is 2. The van der Waals surface area contributed by atoms with Gasteiger partial charge in [-0.05, 0) is 6.42 Å². The van der Waals surface area contributed by atoms with E-state index in [0.29, 0.717) is 24.0 Å². The smallest absolute Gasteiger partial charge is 0.336 e. The third kappa shape index (κ3) is 1.91. The minimum absolute atomic E-state index is 0.143. The van der Waals surface area contributed by atoms with Crippen LogP contribution in [0.25, 0.3) is 0 Å². The maximum atomic E-state index is 12.3. The SMILES string of the molecule is C=C1C[C@@]2(C[C@H](N)[C@H]3CC=C(CO)C(=O)[C@@H]3O2)OC1=O. The molecule has 6 nitrogen and oxygen atoms in total. The average molecular weight is 279 g/mol. The number of ether oxygens (including phenoxy) is 2. The summed E-state index contributed by atoms with van der Waals surface area (Å²) in [7, 11) is 0. The molecule has 0 unspecified atom stereocenters. The first kappa shape index (κ1) is 13.5. The number of nitrogens with two attached hydrogens (primary N) is 1. The number of Topliss-reactive ketones (excluding diaryl/α,β-unsaturated/α-hetero) is 1. The van der Waals surface area contributed by atoms with Gasteiger partial charge in [-0.1, -0.05) is 12.7 Å². The zero-order valence-corrected chi connectivity index (χ0v) is 11.0. The number of rotatable bonds is 1. The number of fused-ring (bicyclic) bond motifs is 1. The topological polar surface area (TPSA) is 98.8 Å². The Balaban J connectivity index is 1.89. The first-order chi connectivity index (χ1) is 9.46. The Morgan fingerprint density at radius 1 is 1.50 bits per heavy atom. The Kier molecular flexibility index (Phi) is 3.04. The van der Waals surface area contributed by atoms with Crippen molar-refractivity contribution in [2.24, 2.45) is 11.7 Å². The maximum absolute atomic E-state index is 12.3. The van der Waals surface area contributed by atoms with Crippen LogP contribution in [0.5, 0.6) is 0 Å². The van der Waals surface area contributed by atoms with Crippen LogP contribution in [0.3, 0.4) is 0 Å². The van der Waals surface area contributed by atoms with Crippen LogP contribution in [0, 0.1) is 5.92 Å². The average Bonchev–Trinajstić information content (AvgIpc) is 2.65. The van der Waals surface area contributed by atoms with E-state index in [1.165, 1.54) is 0 Å². The van der Waals surface area contributed by atoms with Crippen LogP contribution >= 0.6 is 0 Å². The highest BCUT2D eigenvalue weighted by atomic mass is 16.7. The molecule has 4 atom stereocenters. The molecule has 2 aliphatic heterocycles. The van der Waals surface area contributed by atoms with Crippen LogP contribution < -0.4 is 5.73 Å². The summed E-state index contributed by atoms with van der Waals surface area (Å²) in [5.41, 5.74) is 6.80. The molecule has 1 aliphatic carbocycles. The predicted molar refractivity (Wildman–Crippen MR) is 68.3 cm³/mol. The van der Waals surface area contributed by atoms with Gasteiger partial charge in [0.1, 0.15) is 6.10 Å². The Morgan fingerprint density at radius 3 is 2.85 bits per heavy atom. The van der Waals surface area contributed by atoms with E-state index in [2.05, 4.69) is 6.58 Å². The van der Waals surface area contributed by atoms with Gasteiger partial charge in [-0.15, -0.1) is 0 Å². The van der Waals surface area contributed by atoms with E-state index in [0.717, 1.165) is 0 Å². The van der Waals surface area contributed by atoms with E-state index in [1.807, 2.05) is 0 Å². The molecule has 0 amide bonds. The third-order valence-corrected chi connectivity index (χ3v) is 4.26. The fourth-order valence-corrected chi connectivity index (χ4v) is 3.21. The molecule has 0 radical (unpaired) electrons. The molecular formula is C14H17NO5. The lowest BCUT2D eigenvalue weighted by Crippen LogP contribution is -2.58.